The lowest BCUT2D eigenvalue weighted by molar-refractivity contribution is -0.132. The van der Waals surface area contributed by atoms with Crippen molar-refractivity contribution in [1.82, 2.24) is 5.32 Å². The smallest absolute Gasteiger partial charge is 0.390 e. The van der Waals surface area contributed by atoms with Crippen LogP contribution in [0.2, 0.25) is 0 Å². The van der Waals surface area contributed by atoms with E-state index < -0.39 is 25.0 Å². The standard InChI is InChI=1S/C13H13F3N2OS/c1-7-2-3-9-8(6-7)10(17)11(20-9)12(19)18-5-4-13(14,15)16/h2-3,6H,4-5,17H2,1H3,(H,18,19). The monoisotopic (exact) mass is 302 g/mol. The SMILES string of the molecule is Cc1ccc2sc(C(=O)NCCC(F)(F)F)c(N)c2c1. The molecular weight excluding hydrogens is 289 g/mol. The number of carbonyl (C=O) groups excluding carboxylic acids is 1. The summed E-state index contributed by atoms with van der Waals surface area (Å²) in [5, 5.41) is 3.00. The molecule has 7 heteroatoms. The van der Waals surface area contributed by atoms with Crippen LogP contribution in [0.5, 0.6) is 0 Å². The average molecular weight is 302 g/mol. The molecule has 0 saturated carbocycles. The zero-order chi connectivity index (χ0) is 14.9. The molecule has 0 radical (unpaired) electrons. The highest BCUT2D eigenvalue weighted by Gasteiger charge is 2.27. The zero-order valence-corrected chi connectivity index (χ0v) is 11.5. The summed E-state index contributed by atoms with van der Waals surface area (Å²) in [6.07, 6.45) is -5.33. The predicted molar refractivity (Wildman–Crippen MR) is 74.0 cm³/mol. The Morgan fingerprint density at radius 3 is 2.75 bits per heavy atom. The molecular formula is C13H13F3N2OS. The van der Waals surface area contributed by atoms with E-state index in [0.29, 0.717) is 5.69 Å². The second kappa shape index (κ2) is 5.32. The van der Waals surface area contributed by atoms with E-state index in [2.05, 4.69) is 5.32 Å². The first kappa shape index (κ1) is 14.6. The minimum atomic E-state index is -4.28. The lowest BCUT2D eigenvalue weighted by atomic mass is 10.1. The molecule has 0 aliphatic carbocycles. The minimum Gasteiger partial charge on any atom is -0.397 e. The normalized spacial score (nSPS) is 11.8. The number of benzene rings is 1. The van der Waals surface area contributed by atoms with E-state index in [4.69, 9.17) is 5.73 Å². The molecule has 0 aliphatic rings. The van der Waals surface area contributed by atoms with Crippen molar-refractivity contribution in [2.45, 2.75) is 19.5 Å². The fourth-order valence-corrected chi connectivity index (χ4v) is 2.82. The second-order valence-electron chi connectivity index (χ2n) is 4.47. The van der Waals surface area contributed by atoms with Crippen LogP contribution in [0.15, 0.2) is 18.2 Å². The van der Waals surface area contributed by atoms with E-state index in [1.165, 1.54) is 11.3 Å². The molecule has 2 rings (SSSR count). The van der Waals surface area contributed by atoms with Gasteiger partial charge in [0.05, 0.1) is 12.1 Å². The van der Waals surface area contributed by atoms with E-state index in [0.717, 1.165) is 15.6 Å². The summed E-state index contributed by atoms with van der Waals surface area (Å²) in [7, 11) is 0. The van der Waals surface area contributed by atoms with Gasteiger partial charge in [-0.15, -0.1) is 11.3 Å². The topological polar surface area (TPSA) is 55.1 Å². The first-order valence-corrected chi connectivity index (χ1v) is 6.73. The Kier molecular flexibility index (Phi) is 3.89. The van der Waals surface area contributed by atoms with Gasteiger partial charge in [0.1, 0.15) is 4.88 Å². The number of hydrogen-bond donors (Lipinski definition) is 2. The highest BCUT2D eigenvalue weighted by atomic mass is 32.1. The number of anilines is 1. The number of hydrogen-bond acceptors (Lipinski definition) is 3. The maximum Gasteiger partial charge on any atom is 0.390 e. The van der Waals surface area contributed by atoms with Crippen molar-refractivity contribution >= 4 is 33.0 Å². The second-order valence-corrected chi connectivity index (χ2v) is 5.52. The Hall–Kier alpha value is -1.76. The van der Waals surface area contributed by atoms with Gasteiger partial charge in [-0.05, 0) is 19.1 Å². The zero-order valence-electron chi connectivity index (χ0n) is 10.7. The van der Waals surface area contributed by atoms with E-state index in [1.54, 1.807) is 0 Å². The summed E-state index contributed by atoms with van der Waals surface area (Å²) < 4.78 is 36.9. The molecule has 108 valence electrons. The molecule has 1 heterocycles. The third-order valence-corrected chi connectivity index (χ3v) is 3.97. The number of fused-ring (bicyclic) bond motifs is 1. The summed E-state index contributed by atoms with van der Waals surface area (Å²) in [5.41, 5.74) is 7.22. The number of nitrogen functional groups attached to an aromatic ring is 1. The van der Waals surface area contributed by atoms with E-state index in [9.17, 15) is 18.0 Å². The van der Waals surface area contributed by atoms with E-state index in [-0.39, 0.29) is 4.88 Å². The highest BCUT2D eigenvalue weighted by molar-refractivity contribution is 7.21. The third kappa shape index (κ3) is 3.22. The Morgan fingerprint density at radius 1 is 1.40 bits per heavy atom. The summed E-state index contributed by atoms with van der Waals surface area (Å²) in [5.74, 6) is -0.564. The third-order valence-electron chi connectivity index (χ3n) is 2.78. The molecule has 0 unspecified atom stereocenters. The molecule has 3 nitrogen and oxygen atoms in total. The molecule has 0 bridgehead atoms. The van der Waals surface area contributed by atoms with Gasteiger partial charge < -0.3 is 11.1 Å². The van der Waals surface area contributed by atoms with Crippen molar-refractivity contribution in [3.63, 3.8) is 0 Å². The predicted octanol–water partition coefficient (Wildman–Crippen LogP) is 3.47. The molecule has 1 aromatic heterocycles. The largest absolute Gasteiger partial charge is 0.397 e. The summed E-state index contributed by atoms with van der Waals surface area (Å²) in [4.78, 5) is 12.1. The van der Waals surface area contributed by atoms with Crippen LogP contribution in [0, 0.1) is 6.92 Å². The Balaban J connectivity index is 2.16. The number of alkyl halides is 3. The van der Waals surface area contributed by atoms with Crippen LogP contribution < -0.4 is 11.1 Å². The number of rotatable bonds is 3. The van der Waals surface area contributed by atoms with Crippen LogP contribution in [0.4, 0.5) is 18.9 Å². The molecule has 20 heavy (non-hydrogen) atoms. The van der Waals surface area contributed by atoms with Gasteiger partial charge in [0.25, 0.3) is 5.91 Å². The van der Waals surface area contributed by atoms with Crippen molar-refractivity contribution in [2.75, 3.05) is 12.3 Å². The number of amides is 1. The number of thiophene rings is 1. The fraction of sp³-hybridized carbons (Fsp3) is 0.308. The number of carbonyl (C=O) groups is 1. The number of aryl methyl sites for hydroxylation is 1. The minimum absolute atomic E-state index is 0.257. The number of nitrogens with one attached hydrogen (secondary N) is 1. The van der Waals surface area contributed by atoms with E-state index in [1.807, 2.05) is 25.1 Å². The van der Waals surface area contributed by atoms with Crippen LogP contribution in [0.3, 0.4) is 0 Å². The molecule has 1 aromatic carbocycles. The first-order chi connectivity index (χ1) is 9.28. The Morgan fingerprint density at radius 2 is 2.10 bits per heavy atom. The maximum absolute atomic E-state index is 12.0. The van der Waals surface area contributed by atoms with Gasteiger partial charge >= 0.3 is 6.18 Å². The van der Waals surface area contributed by atoms with Gasteiger partial charge in [-0.25, -0.2) is 0 Å². The maximum atomic E-state index is 12.0. The fourth-order valence-electron chi connectivity index (χ4n) is 1.80. The Bertz CT molecular complexity index is 649. The van der Waals surface area contributed by atoms with Crippen LogP contribution in [0.25, 0.3) is 10.1 Å². The van der Waals surface area contributed by atoms with Gasteiger partial charge in [0.2, 0.25) is 0 Å². The molecule has 0 spiro atoms. The van der Waals surface area contributed by atoms with Crippen molar-refractivity contribution < 1.29 is 18.0 Å². The molecule has 0 fully saturated rings. The van der Waals surface area contributed by atoms with Crippen LogP contribution >= 0.6 is 11.3 Å². The molecule has 0 aliphatic heterocycles. The van der Waals surface area contributed by atoms with Crippen molar-refractivity contribution in [1.29, 1.82) is 0 Å². The van der Waals surface area contributed by atoms with E-state index >= 15 is 0 Å². The van der Waals surface area contributed by atoms with Crippen molar-refractivity contribution in [3.05, 3.63) is 28.6 Å². The molecule has 0 saturated heterocycles. The molecule has 1 amide bonds. The van der Waals surface area contributed by atoms with Gasteiger partial charge in [-0.1, -0.05) is 11.6 Å². The lowest BCUT2D eigenvalue weighted by Crippen LogP contribution is -2.27. The van der Waals surface area contributed by atoms with Crippen molar-refractivity contribution in [3.8, 4) is 0 Å². The number of nitrogens with two attached hydrogens (primary N) is 1. The molecule has 0 atom stereocenters. The van der Waals surface area contributed by atoms with Crippen LogP contribution in [0.1, 0.15) is 21.7 Å². The van der Waals surface area contributed by atoms with Crippen LogP contribution in [-0.4, -0.2) is 18.6 Å². The molecule has 2 aromatic rings. The quantitative estimate of drug-likeness (QED) is 0.912. The summed E-state index contributed by atoms with van der Waals surface area (Å²) in [6.45, 7) is 1.45. The van der Waals surface area contributed by atoms with Crippen LogP contribution in [-0.2, 0) is 0 Å². The Labute approximate surface area is 117 Å². The van der Waals surface area contributed by atoms with Gasteiger partial charge in [-0.2, -0.15) is 13.2 Å². The van der Waals surface area contributed by atoms with Crippen molar-refractivity contribution in [2.24, 2.45) is 0 Å². The highest BCUT2D eigenvalue weighted by Crippen LogP contribution is 2.34. The summed E-state index contributed by atoms with van der Waals surface area (Å²) in [6, 6.07) is 5.59. The van der Waals surface area contributed by atoms with Gasteiger partial charge in [-0.3, -0.25) is 4.79 Å². The molecule has 3 N–H and O–H groups in total. The lowest BCUT2D eigenvalue weighted by Gasteiger charge is -2.07. The van der Waals surface area contributed by atoms with Gasteiger partial charge in [0, 0.05) is 16.6 Å². The summed E-state index contributed by atoms with van der Waals surface area (Å²) >= 11 is 1.18. The number of halogens is 3. The first-order valence-electron chi connectivity index (χ1n) is 5.91. The van der Waals surface area contributed by atoms with Gasteiger partial charge in [0.15, 0.2) is 0 Å². The average Bonchev–Trinajstić information content (AvgIpc) is 2.65.